The zero-order valence-electron chi connectivity index (χ0n) is 18.5. The van der Waals surface area contributed by atoms with E-state index in [9.17, 15) is 9.59 Å². The summed E-state index contributed by atoms with van der Waals surface area (Å²) < 4.78 is 7.16. The van der Waals surface area contributed by atoms with Crippen molar-refractivity contribution in [2.45, 2.75) is 13.1 Å². The molecule has 2 heterocycles. The maximum Gasteiger partial charge on any atom is 0.232 e. The van der Waals surface area contributed by atoms with Gasteiger partial charge in [0, 0.05) is 32.0 Å². The summed E-state index contributed by atoms with van der Waals surface area (Å²) in [6.45, 7) is 3.62. The number of nitrogens with one attached hydrogen (secondary N) is 1. The number of morpholine rings is 1. The highest BCUT2D eigenvalue weighted by molar-refractivity contribution is 8.00. The van der Waals surface area contributed by atoms with Gasteiger partial charge in [-0.25, -0.2) is 0 Å². The fourth-order valence-corrected chi connectivity index (χ4v) is 4.45. The average Bonchev–Trinajstić information content (AvgIpc) is 3.37. The Balaban J connectivity index is 1.27. The molecule has 0 atom stereocenters. The smallest absolute Gasteiger partial charge is 0.232 e. The molecule has 2 amide bonds. The van der Waals surface area contributed by atoms with Crippen molar-refractivity contribution in [3.05, 3.63) is 78.1 Å². The molecule has 1 aromatic heterocycles. The van der Waals surface area contributed by atoms with Crippen LogP contribution in [0.3, 0.4) is 0 Å². The summed E-state index contributed by atoms with van der Waals surface area (Å²) in [5, 5.41) is 7.24. The Kier molecular flexibility index (Phi) is 8.16. The molecule has 4 rings (SSSR count). The van der Waals surface area contributed by atoms with Crippen molar-refractivity contribution in [1.82, 2.24) is 20.0 Å². The number of ether oxygens (including phenoxy) is 1. The lowest BCUT2D eigenvalue weighted by molar-refractivity contribution is -0.132. The molecule has 0 spiro atoms. The Morgan fingerprint density at radius 2 is 1.79 bits per heavy atom. The summed E-state index contributed by atoms with van der Waals surface area (Å²) in [6, 6.07) is 18.4. The van der Waals surface area contributed by atoms with Gasteiger partial charge in [0.2, 0.25) is 11.8 Å². The van der Waals surface area contributed by atoms with Gasteiger partial charge in [0.25, 0.3) is 0 Å². The first-order chi connectivity index (χ1) is 16.2. The van der Waals surface area contributed by atoms with E-state index in [-0.39, 0.29) is 17.6 Å². The molecule has 1 N–H and O–H groups in total. The van der Waals surface area contributed by atoms with Crippen molar-refractivity contribution >= 4 is 23.6 Å². The van der Waals surface area contributed by atoms with Crippen LogP contribution in [-0.4, -0.2) is 64.3 Å². The number of benzene rings is 2. The molecular weight excluding hydrogens is 436 g/mol. The first kappa shape index (κ1) is 23.1. The summed E-state index contributed by atoms with van der Waals surface area (Å²) >= 11 is 1.35. The highest BCUT2D eigenvalue weighted by Crippen LogP contribution is 2.24. The molecule has 1 saturated heterocycles. The van der Waals surface area contributed by atoms with Gasteiger partial charge in [0.15, 0.2) is 0 Å². The first-order valence-corrected chi connectivity index (χ1v) is 12.2. The Hall–Kier alpha value is -3.10. The van der Waals surface area contributed by atoms with Crippen molar-refractivity contribution in [1.29, 1.82) is 0 Å². The van der Waals surface area contributed by atoms with E-state index in [0.29, 0.717) is 38.6 Å². The van der Waals surface area contributed by atoms with Crippen molar-refractivity contribution in [3.63, 3.8) is 0 Å². The minimum Gasteiger partial charge on any atom is -0.378 e. The van der Waals surface area contributed by atoms with Crippen LogP contribution < -0.4 is 5.32 Å². The molecule has 3 aromatic rings. The van der Waals surface area contributed by atoms with E-state index in [4.69, 9.17) is 4.74 Å². The average molecular weight is 465 g/mol. The van der Waals surface area contributed by atoms with Gasteiger partial charge >= 0.3 is 0 Å². The highest BCUT2D eigenvalue weighted by Gasteiger charge is 2.17. The van der Waals surface area contributed by atoms with Gasteiger partial charge in [0.05, 0.1) is 31.3 Å². The molecule has 2 aromatic carbocycles. The second kappa shape index (κ2) is 11.7. The summed E-state index contributed by atoms with van der Waals surface area (Å²) in [4.78, 5) is 26.3. The van der Waals surface area contributed by atoms with Crippen LogP contribution in [0.1, 0.15) is 11.1 Å². The Morgan fingerprint density at radius 1 is 1.00 bits per heavy atom. The standard InChI is InChI=1S/C25H28N4O3S/c30-24(18-33-19-25(31)28-12-14-32-15-13-28)26-16-22-4-1-2-5-23(22)21-8-6-20(7-9-21)17-29-11-3-10-27-29/h1-11H,12-19H2,(H,26,30). The summed E-state index contributed by atoms with van der Waals surface area (Å²) in [6.07, 6.45) is 3.72. The summed E-state index contributed by atoms with van der Waals surface area (Å²) in [5.74, 6) is 0.575. The minimum absolute atomic E-state index is 0.0671. The minimum atomic E-state index is -0.0702. The molecule has 0 unspecified atom stereocenters. The van der Waals surface area contributed by atoms with E-state index in [2.05, 4.69) is 40.7 Å². The van der Waals surface area contributed by atoms with Crippen molar-refractivity contribution in [2.75, 3.05) is 37.8 Å². The topological polar surface area (TPSA) is 76.5 Å². The summed E-state index contributed by atoms with van der Waals surface area (Å²) in [7, 11) is 0. The summed E-state index contributed by atoms with van der Waals surface area (Å²) in [5.41, 5.74) is 4.44. The molecule has 172 valence electrons. The number of hydrogen-bond acceptors (Lipinski definition) is 5. The number of thioether (sulfide) groups is 1. The first-order valence-electron chi connectivity index (χ1n) is 11.0. The fraction of sp³-hybridized carbons (Fsp3) is 0.320. The van der Waals surface area contributed by atoms with E-state index in [1.165, 1.54) is 17.3 Å². The zero-order valence-corrected chi connectivity index (χ0v) is 19.3. The van der Waals surface area contributed by atoms with Crippen LogP contribution >= 0.6 is 11.8 Å². The maximum atomic E-state index is 12.3. The number of carbonyl (C=O) groups excluding carboxylic acids is 2. The van der Waals surface area contributed by atoms with Gasteiger partial charge in [-0.2, -0.15) is 5.10 Å². The van der Waals surface area contributed by atoms with E-state index < -0.39 is 0 Å². The molecule has 1 aliphatic rings. The van der Waals surface area contributed by atoms with E-state index in [1.54, 1.807) is 11.1 Å². The van der Waals surface area contributed by atoms with E-state index in [0.717, 1.165) is 23.2 Å². The van der Waals surface area contributed by atoms with Gasteiger partial charge in [-0.15, -0.1) is 11.8 Å². The Labute approximate surface area is 198 Å². The lowest BCUT2D eigenvalue weighted by Crippen LogP contribution is -2.41. The van der Waals surface area contributed by atoms with Crippen molar-refractivity contribution in [3.8, 4) is 11.1 Å². The van der Waals surface area contributed by atoms with Gasteiger partial charge in [-0.05, 0) is 28.3 Å². The molecule has 1 fully saturated rings. The van der Waals surface area contributed by atoms with Crippen molar-refractivity contribution in [2.24, 2.45) is 0 Å². The predicted octanol–water partition coefficient (Wildman–Crippen LogP) is 2.81. The SMILES string of the molecule is O=C(CSCC(=O)N1CCOCC1)NCc1ccccc1-c1ccc(Cn2cccn2)cc1. The quantitative estimate of drug-likeness (QED) is 0.527. The van der Waals surface area contributed by atoms with E-state index >= 15 is 0 Å². The maximum absolute atomic E-state index is 12.3. The van der Waals surface area contributed by atoms with Crippen LogP contribution in [0.5, 0.6) is 0 Å². The number of rotatable bonds is 9. The molecular formula is C25H28N4O3S. The second-order valence-corrected chi connectivity index (χ2v) is 8.81. The van der Waals surface area contributed by atoms with Gasteiger partial charge in [0.1, 0.15) is 0 Å². The number of carbonyl (C=O) groups is 2. The van der Waals surface area contributed by atoms with Gasteiger partial charge in [-0.1, -0.05) is 48.5 Å². The van der Waals surface area contributed by atoms with Crippen LogP contribution in [0.25, 0.3) is 11.1 Å². The molecule has 0 radical (unpaired) electrons. The molecule has 33 heavy (non-hydrogen) atoms. The monoisotopic (exact) mass is 464 g/mol. The predicted molar refractivity (Wildman–Crippen MR) is 130 cm³/mol. The Morgan fingerprint density at radius 3 is 2.55 bits per heavy atom. The van der Waals surface area contributed by atoms with E-state index in [1.807, 2.05) is 35.1 Å². The molecule has 0 bridgehead atoms. The zero-order chi connectivity index (χ0) is 22.9. The van der Waals surface area contributed by atoms with Crippen LogP contribution in [-0.2, 0) is 27.4 Å². The van der Waals surface area contributed by atoms with Gasteiger partial charge < -0.3 is 15.0 Å². The number of amides is 2. The van der Waals surface area contributed by atoms with Crippen LogP contribution in [0.4, 0.5) is 0 Å². The molecule has 0 aliphatic carbocycles. The number of aromatic nitrogens is 2. The van der Waals surface area contributed by atoms with Crippen LogP contribution in [0.2, 0.25) is 0 Å². The normalized spacial score (nSPS) is 13.6. The lowest BCUT2D eigenvalue weighted by atomic mass is 9.98. The molecule has 7 nitrogen and oxygen atoms in total. The van der Waals surface area contributed by atoms with Crippen LogP contribution in [0, 0.1) is 0 Å². The highest BCUT2D eigenvalue weighted by atomic mass is 32.2. The van der Waals surface area contributed by atoms with Gasteiger partial charge in [-0.3, -0.25) is 14.3 Å². The lowest BCUT2D eigenvalue weighted by Gasteiger charge is -2.26. The van der Waals surface area contributed by atoms with Crippen LogP contribution in [0.15, 0.2) is 67.0 Å². The third kappa shape index (κ3) is 6.69. The largest absolute Gasteiger partial charge is 0.378 e. The third-order valence-corrected chi connectivity index (χ3v) is 6.40. The number of hydrogen-bond donors (Lipinski definition) is 1. The third-order valence-electron chi connectivity index (χ3n) is 5.48. The number of nitrogens with zero attached hydrogens (tertiary/aromatic N) is 3. The second-order valence-electron chi connectivity index (χ2n) is 7.82. The molecule has 8 heteroatoms. The Bertz CT molecular complexity index is 1050. The molecule has 1 aliphatic heterocycles. The van der Waals surface area contributed by atoms with Crippen molar-refractivity contribution < 1.29 is 14.3 Å². The molecule has 0 saturated carbocycles. The fourth-order valence-electron chi connectivity index (χ4n) is 3.71.